The lowest BCUT2D eigenvalue weighted by Crippen LogP contribution is -2.58. The molecule has 2 fully saturated rings. The highest BCUT2D eigenvalue weighted by molar-refractivity contribution is 7.89. The van der Waals surface area contributed by atoms with Crippen molar-refractivity contribution in [3.05, 3.63) is 89.0 Å². The molecule has 0 aliphatic carbocycles. The Labute approximate surface area is 285 Å². The zero-order valence-electron chi connectivity index (χ0n) is 26.9. The quantitative estimate of drug-likeness (QED) is 0.261. The number of rotatable bonds is 11. The molecule has 258 valence electrons. The van der Waals surface area contributed by atoms with Crippen molar-refractivity contribution in [2.45, 2.75) is 61.5 Å². The Hall–Kier alpha value is -3.62. The molecule has 2 aliphatic heterocycles. The van der Waals surface area contributed by atoms with Crippen molar-refractivity contribution in [1.82, 2.24) is 19.9 Å². The first-order chi connectivity index (χ1) is 23.1. The zero-order chi connectivity index (χ0) is 34.3. The summed E-state index contributed by atoms with van der Waals surface area (Å²) in [6.45, 7) is 3.70. The van der Waals surface area contributed by atoms with Gasteiger partial charge in [0.15, 0.2) is 0 Å². The predicted octanol–water partition coefficient (Wildman–Crippen LogP) is 4.73. The number of sulfonamides is 1. The molecule has 4 atom stereocenters. The van der Waals surface area contributed by atoms with Gasteiger partial charge in [-0.25, -0.2) is 17.6 Å². The van der Waals surface area contributed by atoms with Crippen LogP contribution in [0.2, 0.25) is 5.02 Å². The van der Waals surface area contributed by atoms with Gasteiger partial charge in [-0.2, -0.15) is 4.31 Å². The first-order valence-corrected chi connectivity index (χ1v) is 17.8. The maximum atomic E-state index is 15.5. The third kappa shape index (κ3) is 8.32. The van der Waals surface area contributed by atoms with E-state index in [0.29, 0.717) is 44.2 Å². The minimum Gasteiger partial charge on any atom is -0.453 e. The fourth-order valence-corrected chi connectivity index (χ4v) is 8.71. The minimum atomic E-state index is -3.83. The maximum absolute atomic E-state index is 15.5. The van der Waals surface area contributed by atoms with Gasteiger partial charge >= 0.3 is 6.09 Å². The molecule has 1 aromatic heterocycles. The Morgan fingerprint density at radius 2 is 1.81 bits per heavy atom. The van der Waals surface area contributed by atoms with Crippen LogP contribution < -0.4 is 16.0 Å². The van der Waals surface area contributed by atoms with Gasteiger partial charge in [0, 0.05) is 54.9 Å². The normalized spacial score (nSPS) is 20.4. The number of hydrogen-bond acceptors (Lipinski definition) is 8. The van der Waals surface area contributed by atoms with Crippen LogP contribution in [0.1, 0.15) is 43.2 Å². The Bertz CT molecular complexity index is 1660. The highest BCUT2D eigenvalue weighted by atomic mass is 35.5. The second-order valence-corrected chi connectivity index (χ2v) is 14.4. The number of carbonyl (C=O) groups excluding carboxylic acids is 2. The summed E-state index contributed by atoms with van der Waals surface area (Å²) >= 11 is 6.18. The topological polar surface area (TPSA) is 139 Å². The van der Waals surface area contributed by atoms with Crippen LogP contribution in [0.4, 0.5) is 14.9 Å². The van der Waals surface area contributed by atoms with Crippen LogP contribution >= 0.6 is 11.6 Å². The Balaban J connectivity index is 1.42. The van der Waals surface area contributed by atoms with Crippen LogP contribution in [0.3, 0.4) is 0 Å². The van der Waals surface area contributed by atoms with Gasteiger partial charge in [0.25, 0.3) is 0 Å². The lowest BCUT2D eigenvalue weighted by molar-refractivity contribution is -0.119. The molecule has 2 aromatic carbocycles. The third-order valence-corrected chi connectivity index (χ3v) is 11.4. The number of pyridine rings is 1. The highest BCUT2D eigenvalue weighted by Gasteiger charge is 2.40. The summed E-state index contributed by atoms with van der Waals surface area (Å²) in [4.78, 5) is 30.9. The standard InChI is InChI=1S/C34H41ClFN5O6S/c1-22-18-37-19-26(41(22)48(44,45)27-6-4-3-5-7-27)12-13-28-29(36)20-38-21-30(28)39-33(42)32(40-34(43)46-2)31(24-14-16-47-17-15-24)23-8-10-25(35)11-9-23/h3-11,20-22,24,26,31-32,37H,12-19H2,1-2H3,(H,39,42)(H,40,43)/t22-,26+,31?,32+/m1/s1. The number of halogens is 2. The van der Waals surface area contributed by atoms with E-state index >= 15 is 4.39 Å². The molecule has 0 bridgehead atoms. The van der Waals surface area contributed by atoms with E-state index in [-0.39, 0.29) is 40.9 Å². The van der Waals surface area contributed by atoms with E-state index in [2.05, 4.69) is 20.9 Å². The number of carbonyl (C=O) groups is 2. The number of piperazine rings is 1. The number of nitrogens with one attached hydrogen (secondary N) is 3. The number of benzene rings is 2. The number of anilines is 1. The van der Waals surface area contributed by atoms with Crippen molar-refractivity contribution < 1.29 is 31.9 Å². The molecule has 2 saturated heterocycles. The Kier molecular flexibility index (Phi) is 12.0. The number of methoxy groups -OCH3 is 1. The molecular formula is C34H41ClFN5O6S. The molecule has 2 amide bonds. The molecule has 48 heavy (non-hydrogen) atoms. The van der Waals surface area contributed by atoms with Crippen LogP contribution in [0.15, 0.2) is 71.9 Å². The molecule has 0 saturated carbocycles. The van der Waals surface area contributed by atoms with Gasteiger partial charge in [0.2, 0.25) is 15.9 Å². The van der Waals surface area contributed by atoms with Gasteiger partial charge in [-0.05, 0) is 68.4 Å². The first-order valence-electron chi connectivity index (χ1n) is 16.0. The van der Waals surface area contributed by atoms with Crippen molar-refractivity contribution in [2.75, 3.05) is 38.7 Å². The maximum Gasteiger partial charge on any atom is 0.407 e. The van der Waals surface area contributed by atoms with E-state index < -0.39 is 45.8 Å². The predicted molar refractivity (Wildman–Crippen MR) is 180 cm³/mol. The van der Waals surface area contributed by atoms with E-state index in [9.17, 15) is 18.0 Å². The van der Waals surface area contributed by atoms with E-state index in [4.69, 9.17) is 21.1 Å². The summed E-state index contributed by atoms with van der Waals surface area (Å²) in [5.74, 6) is -1.74. The highest BCUT2D eigenvalue weighted by Crippen LogP contribution is 2.36. The minimum absolute atomic E-state index is 0.0312. The number of hydrogen-bond donors (Lipinski definition) is 3. The smallest absolute Gasteiger partial charge is 0.407 e. The van der Waals surface area contributed by atoms with Crippen molar-refractivity contribution >= 4 is 39.3 Å². The average Bonchev–Trinajstić information content (AvgIpc) is 3.09. The van der Waals surface area contributed by atoms with E-state index in [1.807, 2.05) is 19.1 Å². The van der Waals surface area contributed by atoms with Gasteiger partial charge in [-0.3, -0.25) is 9.78 Å². The monoisotopic (exact) mass is 701 g/mol. The largest absolute Gasteiger partial charge is 0.453 e. The van der Waals surface area contributed by atoms with Crippen LogP contribution in [-0.2, 0) is 30.7 Å². The summed E-state index contributed by atoms with van der Waals surface area (Å²) in [5, 5.41) is 9.36. The lowest BCUT2D eigenvalue weighted by Gasteiger charge is -2.40. The summed E-state index contributed by atoms with van der Waals surface area (Å²) in [7, 11) is -2.62. The third-order valence-electron chi connectivity index (χ3n) is 9.05. The van der Waals surface area contributed by atoms with Crippen LogP contribution in [0.25, 0.3) is 0 Å². The molecule has 3 heterocycles. The van der Waals surface area contributed by atoms with E-state index in [0.717, 1.165) is 11.8 Å². The fourth-order valence-electron chi connectivity index (χ4n) is 6.72. The van der Waals surface area contributed by atoms with Gasteiger partial charge in [0.05, 0.1) is 30.1 Å². The number of ether oxygens (including phenoxy) is 2. The number of alkyl carbamates (subject to hydrolysis) is 1. The molecule has 1 unspecified atom stereocenters. The average molecular weight is 702 g/mol. The number of nitrogens with zero attached hydrogens (tertiary/aromatic N) is 2. The van der Waals surface area contributed by atoms with Crippen LogP contribution in [-0.4, -0.2) is 81.2 Å². The first kappa shape index (κ1) is 35.7. The molecule has 0 radical (unpaired) electrons. The second kappa shape index (κ2) is 16.2. The molecule has 0 spiro atoms. The summed E-state index contributed by atoms with van der Waals surface area (Å²) in [5.41, 5.74) is 1.10. The van der Waals surface area contributed by atoms with Gasteiger partial charge in [0.1, 0.15) is 11.9 Å². The van der Waals surface area contributed by atoms with E-state index in [1.54, 1.807) is 42.5 Å². The molecule has 14 heteroatoms. The molecule has 11 nitrogen and oxygen atoms in total. The fraction of sp³-hybridized carbons (Fsp3) is 0.441. The van der Waals surface area contributed by atoms with Crippen molar-refractivity contribution in [3.63, 3.8) is 0 Å². The molecule has 3 aromatic rings. The lowest BCUT2D eigenvalue weighted by atomic mass is 9.76. The zero-order valence-corrected chi connectivity index (χ0v) is 28.5. The van der Waals surface area contributed by atoms with Gasteiger partial charge in [-0.1, -0.05) is 41.9 Å². The van der Waals surface area contributed by atoms with Crippen molar-refractivity contribution in [3.8, 4) is 0 Å². The van der Waals surface area contributed by atoms with Crippen molar-refractivity contribution in [1.29, 1.82) is 0 Å². The van der Waals surface area contributed by atoms with Gasteiger partial charge < -0.3 is 25.4 Å². The second-order valence-electron chi connectivity index (χ2n) is 12.1. The van der Waals surface area contributed by atoms with Gasteiger partial charge in [-0.15, -0.1) is 0 Å². The SMILES string of the molecule is COC(=O)N[C@H](C(=O)Nc1cncc(F)c1CC[C@H]1CNC[C@@H](C)N1S(=O)(=O)c1ccccc1)C(c1ccc(Cl)cc1)C1CCOCC1. The molecule has 2 aliphatic rings. The van der Waals surface area contributed by atoms with Crippen LogP contribution in [0.5, 0.6) is 0 Å². The summed E-state index contributed by atoms with van der Waals surface area (Å²) in [6.07, 6.45) is 3.32. The molecule has 3 N–H and O–H groups in total. The summed E-state index contributed by atoms with van der Waals surface area (Å²) < 4.78 is 54.9. The summed E-state index contributed by atoms with van der Waals surface area (Å²) in [6, 6.07) is 13.4. The molecule has 5 rings (SSSR count). The Morgan fingerprint density at radius 3 is 2.50 bits per heavy atom. The number of aromatic nitrogens is 1. The van der Waals surface area contributed by atoms with Crippen molar-refractivity contribution in [2.24, 2.45) is 5.92 Å². The molecular weight excluding hydrogens is 661 g/mol. The number of amides is 2. The van der Waals surface area contributed by atoms with E-state index in [1.165, 1.54) is 17.6 Å². The Morgan fingerprint density at radius 1 is 1.10 bits per heavy atom. The van der Waals surface area contributed by atoms with Crippen LogP contribution in [0, 0.1) is 11.7 Å².